The summed E-state index contributed by atoms with van der Waals surface area (Å²) in [5.41, 5.74) is 0. The smallest absolute Gasteiger partial charge is 0.391 e. The number of nitrogens with zero attached hydrogens (tertiary/aromatic N) is 1. The van der Waals surface area contributed by atoms with Crippen LogP contribution in [0.4, 0.5) is 13.2 Å². The van der Waals surface area contributed by atoms with E-state index in [2.05, 4.69) is 15.6 Å². The maximum atomic E-state index is 12.8. The number of hydrogen-bond donors (Lipinski definition) is 2. The van der Waals surface area contributed by atoms with Gasteiger partial charge in [-0.25, -0.2) is 0 Å². The standard InChI is InChI=1S/C15H22F3N3O.HI/c1-19-14(20-8-7-13-6-3-9-22-13)21-12-5-2-4-11(10-12)15(16,17)18;/h3,6,9,11-12H,2,4-5,7-8,10H2,1H3,(H2,19,20,21);1H. The molecule has 0 radical (unpaired) electrons. The van der Waals surface area contributed by atoms with Gasteiger partial charge in [0.1, 0.15) is 5.76 Å². The highest BCUT2D eigenvalue weighted by molar-refractivity contribution is 14.0. The molecule has 1 saturated carbocycles. The van der Waals surface area contributed by atoms with Crippen molar-refractivity contribution in [1.82, 2.24) is 10.6 Å². The summed E-state index contributed by atoms with van der Waals surface area (Å²) in [7, 11) is 1.62. The van der Waals surface area contributed by atoms with Gasteiger partial charge < -0.3 is 15.1 Å². The van der Waals surface area contributed by atoms with E-state index in [1.165, 1.54) is 0 Å². The minimum Gasteiger partial charge on any atom is -0.469 e. The Morgan fingerprint density at radius 3 is 2.78 bits per heavy atom. The molecule has 0 aliphatic heterocycles. The lowest BCUT2D eigenvalue weighted by atomic mass is 9.85. The average Bonchev–Trinajstić information content (AvgIpc) is 2.99. The van der Waals surface area contributed by atoms with Gasteiger partial charge in [0.15, 0.2) is 5.96 Å². The molecule has 2 unspecified atom stereocenters. The van der Waals surface area contributed by atoms with Crippen molar-refractivity contribution in [2.75, 3.05) is 13.6 Å². The predicted octanol–water partition coefficient (Wildman–Crippen LogP) is 3.73. The first-order chi connectivity index (χ1) is 10.5. The summed E-state index contributed by atoms with van der Waals surface area (Å²) in [5.74, 6) is 0.192. The van der Waals surface area contributed by atoms with Gasteiger partial charge in [0.2, 0.25) is 0 Å². The summed E-state index contributed by atoms with van der Waals surface area (Å²) in [6, 6.07) is 3.52. The van der Waals surface area contributed by atoms with E-state index in [1.54, 1.807) is 13.3 Å². The fourth-order valence-electron chi connectivity index (χ4n) is 2.77. The average molecular weight is 445 g/mol. The molecule has 23 heavy (non-hydrogen) atoms. The van der Waals surface area contributed by atoms with E-state index in [0.717, 1.165) is 12.2 Å². The van der Waals surface area contributed by atoms with Gasteiger partial charge in [0.05, 0.1) is 12.2 Å². The Morgan fingerprint density at radius 2 is 2.17 bits per heavy atom. The third-order valence-electron chi connectivity index (χ3n) is 3.95. The summed E-state index contributed by atoms with van der Waals surface area (Å²) in [5, 5.41) is 6.20. The van der Waals surface area contributed by atoms with E-state index >= 15 is 0 Å². The maximum Gasteiger partial charge on any atom is 0.391 e. The molecule has 2 atom stereocenters. The Hall–Kier alpha value is -0.930. The molecular formula is C15H23F3IN3O. The van der Waals surface area contributed by atoms with Gasteiger partial charge in [-0.15, -0.1) is 24.0 Å². The summed E-state index contributed by atoms with van der Waals surface area (Å²) < 4.78 is 43.7. The van der Waals surface area contributed by atoms with E-state index in [9.17, 15) is 13.2 Å². The van der Waals surface area contributed by atoms with Crippen molar-refractivity contribution in [2.24, 2.45) is 10.9 Å². The van der Waals surface area contributed by atoms with E-state index in [-0.39, 0.29) is 42.9 Å². The zero-order chi connectivity index (χ0) is 16.0. The van der Waals surface area contributed by atoms with Crippen LogP contribution < -0.4 is 10.6 Å². The highest BCUT2D eigenvalue weighted by Crippen LogP contribution is 2.37. The second-order valence-electron chi connectivity index (χ2n) is 5.57. The molecule has 0 spiro atoms. The van der Waals surface area contributed by atoms with Crippen molar-refractivity contribution in [3.63, 3.8) is 0 Å². The van der Waals surface area contributed by atoms with Crippen LogP contribution in [0.2, 0.25) is 0 Å². The lowest BCUT2D eigenvalue weighted by Gasteiger charge is -2.31. The number of rotatable bonds is 4. The normalized spacial score (nSPS) is 22.3. The number of nitrogens with one attached hydrogen (secondary N) is 2. The molecule has 0 bridgehead atoms. The van der Waals surface area contributed by atoms with Gasteiger partial charge in [-0.1, -0.05) is 6.42 Å². The molecule has 1 fully saturated rings. The second-order valence-corrected chi connectivity index (χ2v) is 5.57. The van der Waals surface area contributed by atoms with Crippen molar-refractivity contribution in [2.45, 2.75) is 44.3 Å². The number of alkyl halides is 3. The van der Waals surface area contributed by atoms with E-state index in [1.807, 2.05) is 12.1 Å². The first-order valence-corrected chi connectivity index (χ1v) is 7.55. The van der Waals surface area contributed by atoms with Crippen molar-refractivity contribution in [3.05, 3.63) is 24.2 Å². The molecule has 1 heterocycles. The van der Waals surface area contributed by atoms with Crippen LogP contribution in [0.5, 0.6) is 0 Å². The monoisotopic (exact) mass is 445 g/mol. The molecule has 1 aromatic heterocycles. The van der Waals surface area contributed by atoms with Crippen LogP contribution in [0.3, 0.4) is 0 Å². The number of aliphatic imine (C=N–C) groups is 1. The van der Waals surface area contributed by atoms with Gasteiger partial charge in [0, 0.05) is 26.1 Å². The highest BCUT2D eigenvalue weighted by atomic mass is 127. The predicted molar refractivity (Wildman–Crippen MR) is 94.1 cm³/mol. The molecule has 0 saturated heterocycles. The van der Waals surface area contributed by atoms with Crippen LogP contribution in [0, 0.1) is 5.92 Å². The Bertz CT molecular complexity index is 477. The quantitative estimate of drug-likeness (QED) is 0.422. The van der Waals surface area contributed by atoms with Crippen molar-refractivity contribution < 1.29 is 17.6 Å². The largest absolute Gasteiger partial charge is 0.469 e. The zero-order valence-electron chi connectivity index (χ0n) is 13.0. The van der Waals surface area contributed by atoms with Crippen molar-refractivity contribution in [3.8, 4) is 0 Å². The zero-order valence-corrected chi connectivity index (χ0v) is 15.4. The summed E-state index contributed by atoms with van der Waals surface area (Å²) in [6.07, 6.45) is -0.118. The number of guanidine groups is 1. The minimum absolute atomic E-state index is 0. The Balaban J connectivity index is 0.00000264. The molecule has 1 aliphatic carbocycles. The summed E-state index contributed by atoms with van der Waals surface area (Å²) in [6.45, 7) is 0.614. The molecule has 2 N–H and O–H groups in total. The van der Waals surface area contributed by atoms with Crippen LogP contribution in [0.15, 0.2) is 27.8 Å². The third kappa shape index (κ3) is 6.60. The molecule has 2 rings (SSSR count). The lowest BCUT2D eigenvalue weighted by molar-refractivity contribution is -0.183. The Morgan fingerprint density at radius 1 is 1.39 bits per heavy atom. The SMILES string of the molecule is CN=C(NCCc1ccco1)NC1CCCC(C(F)(F)F)C1.I. The molecule has 132 valence electrons. The Labute approximate surface area is 151 Å². The van der Waals surface area contributed by atoms with Crippen molar-refractivity contribution in [1.29, 1.82) is 0 Å². The summed E-state index contributed by atoms with van der Waals surface area (Å²) >= 11 is 0. The maximum absolute atomic E-state index is 12.8. The fraction of sp³-hybridized carbons (Fsp3) is 0.667. The van der Waals surface area contributed by atoms with E-state index < -0.39 is 12.1 Å². The van der Waals surface area contributed by atoms with Crippen LogP contribution in [-0.2, 0) is 6.42 Å². The number of furan rings is 1. The molecular weight excluding hydrogens is 422 g/mol. The van der Waals surface area contributed by atoms with Crippen LogP contribution in [-0.4, -0.2) is 31.8 Å². The first kappa shape index (κ1) is 20.1. The van der Waals surface area contributed by atoms with Crippen molar-refractivity contribution >= 4 is 29.9 Å². The van der Waals surface area contributed by atoms with Gasteiger partial charge >= 0.3 is 6.18 Å². The lowest BCUT2D eigenvalue weighted by Crippen LogP contribution is -2.47. The molecule has 4 nitrogen and oxygen atoms in total. The van der Waals surface area contributed by atoms with Gasteiger partial charge in [-0.3, -0.25) is 4.99 Å². The fourth-order valence-corrected chi connectivity index (χ4v) is 2.77. The van der Waals surface area contributed by atoms with Crippen LogP contribution in [0.1, 0.15) is 31.4 Å². The van der Waals surface area contributed by atoms with Gasteiger partial charge in [-0.2, -0.15) is 13.2 Å². The minimum atomic E-state index is -4.10. The molecule has 1 aliphatic rings. The molecule has 0 amide bonds. The highest BCUT2D eigenvalue weighted by Gasteiger charge is 2.42. The number of hydrogen-bond acceptors (Lipinski definition) is 2. The molecule has 1 aromatic rings. The Kier molecular flexibility index (Phi) is 8.21. The molecule has 0 aromatic carbocycles. The van der Waals surface area contributed by atoms with E-state index in [0.29, 0.717) is 25.3 Å². The van der Waals surface area contributed by atoms with Crippen LogP contribution in [0.25, 0.3) is 0 Å². The second kappa shape index (κ2) is 9.39. The topological polar surface area (TPSA) is 49.6 Å². The van der Waals surface area contributed by atoms with Gasteiger partial charge in [-0.05, 0) is 31.4 Å². The van der Waals surface area contributed by atoms with Crippen LogP contribution >= 0.6 is 24.0 Å². The van der Waals surface area contributed by atoms with Gasteiger partial charge in [0.25, 0.3) is 0 Å². The van der Waals surface area contributed by atoms with E-state index in [4.69, 9.17) is 4.42 Å². The first-order valence-electron chi connectivity index (χ1n) is 7.55. The molecule has 8 heteroatoms. The summed E-state index contributed by atoms with van der Waals surface area (Å²) in [4.78, 5) is 4.07. The third-order valence-corrected chi connectivity index (χ3v) is 3.95. The number of halogens is 4.